The van der Waals surface area contributed by atoms with Gasteiger partial charge in [0.1, 0.15) is 5.75 Å². The number of para-hydroxylation sites is 1. The number of aromatic nitrogens is 2. The first-order valence-electron chi connectivity index (χ1n) is 8.64. The third-order valence-corrected chi connectivity index (χ3v) is 4.23. The van der Waals surface area contributed by atoms with Crippen LogP contribution in [0.15, 0.2) is 54.7 Å². The molecule has 0 aliphatic carbocycles. The number of aryl methyl sites for hydroxylation is 2. The molecule has 2 N–H and O–H groups in total. The molecule has 0 bridgehead atoms. The number of hydrogen-bond acceptors (Lipinski definition) is 5. The molecule has 3 rings (SSSR count). The Morgan fingerprint density at radius 1 is 1.07 bits per heavy atom. The maximum Gasteiger partial charge on any atom is 0.259 e. The number of nitrogens with one attached hydrogen (secondary N) is 2. The van der Waals surface area contributed by atoms with Crippen LogP contribution in [0.3, 0.4) is 0 Å². The number of nitrogens with zero attached hydrogens (tertiary/aromatic N) is 2. The Labute approximate surface area is 158 Å². The highest BCUT2D eigenvalue weighted by Gasteiger charge is 2.13. The van der Waals surface area contributed by atoms with Crippen molar-refractivity contribution in [2.75, 3.05) is 17.7 Å². The number of methoxy groups -OCH3 is 1. The van der Waals surface area contributed by atoms with Gasteiger partial charge in [0.2, 0.25) is 5.95 Å². The number of ether oxygens (including phenoxy) is 1. The summed E-state index contributed by atoms with van der Waals surface area (Å²) in [6.07, 6.45) is 1.55. The van der Waals surface area contributed by atoms with Gasteiger partial charge in [-0.1, -0.05) is 30.3 Å². The summed E-state index contributed by atoms with van der Waals surface area (Å²) >= 11 is 0. The second-order valence-electron chi connectivity index (χ2n) is 6.16. The van der Waals surface area contributed by atoms with Crippen molar-refractivity contribution in [1.82, 2.24) is 9.97 Å². The van der Waals surface area contributed by atoms with Crippen molar-refractivity contribution < 1.29 is 9.53 Å². The molecule has 6 heteroatoms. The summed E-state index contributed by atoms with van der Waals surface area (Å²) in [5.41, 5.74) is 3.94. The molecule has 6 nitrogen and oxygen atoms in total. The van der Waals surface area contributed by atoms with E-state index < -0.39 is 0 Å². The number of benzene rings is 2. The molecule has 0 atom stereocenters. The molecule has 1 heterocycles. The molecule has 2 aromatic carbocycles. The lowest BCUT2D eigenvalue weighted by atomic mass is 10.2. The summed E-state index contributed by atoms with van der Waals surface area (Å²) in [6, 6.07) is 15.4. The topological polar surface area (TPSA) is 76.1 Å². The van der Waals surface area contributed by atoms with Gasteiger partial charge in [0.25, 0.3) is 5.91 Å². The molecule has 0 saturated heterocycles. The van der Waals surface area contributed by atoms with Crippen molar-refractivity contribution in [3.8, 4) is 5.75 Å². The minimum absolute atomic E-state index is 0.219. The maximum atomic E-state index is 12.5. The Hall–Kier alpha value is -3.41. The van der Waals surface area contributed by atoms with E-state index in [4.69, 9.17) is 4.74 Å². The third kappa shape index (κ3) is 4.61. The Morgan fingerprint density at radius 3 is 2.48 bits per heavy atom. The van der Waals surface area contributed by atoms with Gasteiger partial charge in [0.05, 0.1) is 18.4 Å². The average Bonchev–Trinajstić information content (AvgIpc) is 2.68. The van der Waals surface area contributed by atoms with Crippen LogP contribution in [-0.2, 0) is 6.54 Å². The Balaban J connectivity index is 1.66. The van der Waals surface area contributed by atoms with E-state index in [9.17, 15) is 4.79 Å². The molecule has 1 amide bonds. The van der Waals surface area contributed by atoms with E-state index in [0.717, 1.165) is 22.6 Å². The van der Waals surface area contributed by atoms with Crippen LogP contribution in [0.5, 0.6) is 5.75 Å². The molecular weight excluding hydrogens is 340 g/mol. The molecule has 0 saturated carbocycles. The number of rotatable bonds is 6. The zero-order valence-corrected chi connectivity index (χ0v) is 15.6. The molecule has 138 valence electrons. The van der Waals surface area contributed by atoms with Crippen LogP contribution in [0.2, 0.25) is 0 Å². The second-order valence-corrected chi connectivity index (χ2v) is 6.16. The minimum Gasteiger partial charge on any atom is -0.497 e. The van der Waals surface area contributed by atoms with Gasteiger partial charge in [0, 0.05) is 18.4 Å². The third-order valence-electron chi connectivity index (χ3n) is 4.23. The van der Waals surface area contributed by atoms with E-state index in [1.54, 1.807) is 20.2 Å². The number of anilines is 2. The lowest BCUT2D eigenvalue weighted by molar-refractivity contribution is 0.102. The van der Waals surface area contributed by atoms with Gasteiger partial charge < -0.3 is 15.4 Å². The maximum absolute atomic E-state index is 12.5. The smallest absolute Gasteiger partial charge is 0.259 e. The monoisotopic (exact) mass is 362 g/mol. The first kappa shape index (κ1) is 18.4. The fourth-order valence-corrected chi connectivity index (χ4v) is 2.60. The van der Waals surface area contributed by atoms with Crippen molar-refractivity contribution in [2.24, 2.45) is 0 Å². The Morgan fingerprint density at radius 2 is 1.81 bits per heavy atom. The van der Waals surface area contributed by atoms with Crippen LogP contribution in [-0.4, -0.2) is 23.0 Å². The summed E-state index contributed by atoms with van der Waals surface area (Å²) in [5, 5.41) is 6.07. The lowest BCUT2D eigenvalue weighted by Gasteiger charge is -2.11. The van der Waals surface area contributed by atoms with E-state index in [-0.39, 0.29) is 5.91 Å². The summed E-state index contributed by atoms with van der Waals surface area (Å²) in [5.74, 6) is 1.08. The largest absolute Gasteiger partial charge is 0.497 e. The van der Waals surface area contributed by atoms with E-state index in [2.05, 4.69) is 20.6 Å². The summed E-state index contributed by atoms with van der Waals surface area (Å²) in [7, 11) is 1.64. The number of hydrogen-bond donors (Lipinski definition) is 2. The molecule has 27 heavy (non-hydrogen) atoms. The van der Waals surface area contributed by atoms with Gasteiger partial charge >= 0.3 is 0 Å². The lowest BCUT2D eigenvalue weighted by Crippen LogP contribution is -2.16. The van der Waals surface area contributed by atoms with E-state index >= 15 is 0 Å². The first-order chi connectivity index (χ1) is 13.1. The van der Waals surface area contributed by atoms with Crippen LogP contribution in [0.25, 0.3) is 0 Å². The van der Waals surface area contributed by atoms with Gasteiger partial charge in [-0.2, -0.15) is 0 Å². The van der Waals surface area contributed by atoms with Gasteiger partial charge in [0.15, 0.2) is 0 Å². The fraction of sp³-hybridized carbons (Fsp3) is 0.190. The van der Waals surface area contributed by atoms with Crippen LogP contribution >= 0.6 is 0 Å². The van der Waals surface area contributed by atoms with Crippen LogP contribution < -0.4 is 15.4 Å². The molecule has 0 fully saturated rings. The Bertz CT molecular complexity index is 939. The van der Waals surface area contributed by atoms with Gasteiger partial charge in [-0.05, 0) is 43.2 Å². The minimum atomic E-state index is -0.219. The van der Waals surface area contributed by atoms with E-state index in [1.165, 1.54) is 0 Å². The summed E-state index contributed by atoms with van der Waals surface area (Å²) in [4.78, 5) is 21.2. The normalized spacial score (nSPS) is 10.3. The zero-order valence-electron chi connectivity index (χ0n) is 15.6. The predicted molar refractivity (Wildman–Crippen MR) is 106 cm³/mol. The van der Waals surface area contributed by atoms with Crippen molar-refractivity contribution >= 4 is 17.5 Å². The molecule has 0 spiro atoms. The second kappa shape index (κ2) is 8.31. The summed E-state index contributed by atoms with van der Waals surface area (Å²) in [6.45, 7) is 4.33. The molecule has 0 unspecified atom stereocenters. The highest BCUT2D eigenvalue weighted by Crippen LogP contribution is 2.16. The van der Waals surface area contributed by atoms with E-state index in [0.29, 0.717) is 23.8 Å². The molecule has 0 radical (unpaired) electrons. The van der Waals surface area contributed by atoms with Crippen molar-refractivity contribution in [1.29, 1.82) is 0 Å². The molecule has 1 aromatic heterocycles. The van der Waals surface area contributed by atoms with Crippen molar-refractivity contribution in [2.45, 2.75) is 20.4 Å². The highest BCUT2D eigenvalue weighted by molar-refractivity contribution is 6.05. The molecule has 0 aliphatic heterocycles. The standard InChI is InChI=1S/C21H22N4O2/c1-14-6-4-5-7-19(14)25-20(26)18-13-23-21(24-15(18)2)22-12-16-8-10-17(27-3)11-9-16/h4-11,13H,12H2,1-3H3,(H,25,26)(H,22,23,24). The molecular formula is C21H22N4O2. The SMILES string of the molecule is COc1ccc(CNc2ncc(C(=O)Nc3ccccc3C)c(C)n2)cc1. The Kier molecular flexibility index (Phi) is 5.66. The first-order valence-corrected chi connectivity index (χ1v) is 8.64. The molecule has 0 aliphatic rings. The quantitative estimate of drug-likeness (QED) is 0.694. The number of amides is 1. The van der Waals surface area contributed by atoms with Crippen LogP contribution in [0.1, 0.15) is 27.2 Å². The van der Waals surface area contributed by atoms with Crippen molar-refractivity contribution in [3.05, 3.63) is 77.1 Å². The van der Waals surface area contributed by atoms with Crippen LogP contribution in [0, 0.1) is 13.8 Å². The van der Waals surface area contributed by atoms with E-state index in [1.807, 2.05) is 55.5 Å². The zero-order chi connectivity index (χ0) is 19.2. The predicted octanol–water partition coefficient (Wildman–Crippen LogP) is 3.97. The van der Waals surface area contributed by atoms with Crippen LogP contribution in [0.4, 0.5) is 11.6 Å². The van der Waals surface area contributed by atoms with Gasteiger partial charge in [-0.25, -0.2) is 9.97 Å². The highest BCUT2D eigenvalue weighted by atomic mass is 16.5. The number of carbonyl (C=O) groups is 1. The summed E-state index contributed by atoms with van der Waals surface area (Å²) < 4.78 is 5.15. The van der Waals surface area contributed by atoms with Crippen molar-refractivity contribution in [3.63, 3.8) is 0 Å². The number of carbonyl (C=O) groups excluding carboxylic acids is 1. The van der Waals surface area contributed by atoms with Gasteiger partial charge in [-0.3, -0.25) is 4.79 Å². The fourth-order valence-electron chi connectivity index (χ4n) is 2.60. The molecule has 3 aromatic rings. The average molecular weight is 362 g/mol. The van der Waals surface area contributed by atoms with Gasteiger partial charge in [-0.15, -0.1) is 0 Å².